The first-order chi connectivity index (χ1) is 7.65. The van der Waals surface area contributed by atoms with E-state index in [-0.39, 0.29) is 5.82 Å². The Bertz CT molecular complexity index is 537. The second kappa shape index (κ2) is 3.96. The number of nitrogen functional groups attached to an aromatic ring is 1. The van der Waals surface area contributed by atoms with Gasteiger partial charge < -0.3 is 11.1 Å². The van der Waals surface area contributed by atoms with Crippen LogP contribution in [0.5, 0.6) is 0 Å². The van der Waals surface area contributed by atoms with Gasteiger partial charge in [-0.2, -0.15) is 0 Å². The molecule has 3 N–H and O–H groups in total. The molecule has 0 spiro atoms. The number of hydrogen-bond acceptors (Lipinski definition) is 3. The molecule has 3 nitrogen and oxygen atoms in total. The summed E-state index contributed by atoms with van der Waals surface area (Å²) in [5.74, 6) is -0.320. The van der Waals surface area contributed by atoms with Crippen LogP contribution in [-0.4, -0.2) is 11.5 Å². The zero-order valence-corrected chi connectivity index (χ0v) is 9.34. The van der Waals surface area contributed by atoms with Crippen LogP contribution in [0.4, 0.5) is 15.8 Å². The summed E-state index contributed by atoms with van der Waals surface area (Å²) in [5.41, 5.74) is 8.49. The second-order valence-corrected chi connectivity index (χ2v) is 3.71. The third-order valence-electron chi connectivity index (χ3n) is 2.56. The second-order valence-electron chi connectivity index (χ2n) is 3.71. The number of fused-ring (bicyclic) bond motifs is 1. The van der Waals surface area contributed by atoms with Crippen LogP contribution in [0.15, 0.2) is 18.3 Å². The summed E-state index contributed by atoms with van der Waals surface area (Å²) in [5, 5.41) is 3.92. The Morgan fingerprint density at radius 2 is 2.19 bits per heavy atom. The molecule has 0 unspecified atom stereocenters. The van der Waals surface area contributed by atoms with E-state index in [0.717, 1.165) is 23.2 Å². The number of halogens is 1. The smallest absolute Gasteiger partial charge is 0.149 e. The van der Waals surface area contributed by atoms with Crippen LogP contribution in [0.1, 0.15) is 12.5 Å². The molecular formula is C12H14FN3. The van der Waals surface area contributed by atoms with E-state index in [1.54, 1.807) is 6.07 Å². The third kappa shape index (κ3) is 1.56. The monoisotopic (exact) mass is 219 g/mol. The fraction of sp³-hybridized carbons (Fsp3) is 0.250. The molecule has 16 heavy (non-hydrogen) atoms. The minimum absolute atomic E-state index is 0.320. The van der Waals surface area contributed by atoms with Crippen LogP contribution >= 0.6 is 0 Å². The summed E-state index contributed by atoms with van der Waals surface area (Å²) < 4.78 is 13.6. The van der Waals surface area contributed by atoms with Crippen molar-refractivity contribution in [2.75, 3.05) is 17.6 Å². The van der Waals surface area contributed by atoms with Crippen molar-refractivity contribution >= 4 is 22.3 Å². The Labute approximate surface area is 93.5 Å². The molecule has 0 bridgehead atoms. The minimum atomic E-state index is -0.320. The predicted octanol–water partition coefficient (Wildman–Crippen LogP) is 2.70. The quantitative estimate of drug-likeness (QED) is 0.816. The van der Waals surface area contributed by atoms with E-state index in [2.05, 4.69) is 10.3 Å². The van der Waals surface area contributed by atoms with Crippen LogP contribution in [0.3, 0.4) is 0 Å². The summed E-state index contributed by atoms with van der Waals surface area (Å²) in [6, 6.07) is 3.16. The van der Waals surface area contributed by atoms with Gasteiger partial charge in [-0.25, -0.2) is 4.39 Å². The molecular weight excluding hydrogens is 205 g/mol. The predicted molar refractivity (Wildman–Crippen MR) is 65.0 cm³/mol. The highest BCUT2D eigenvalue weighted by Gasteiger charge is 2.11. The van der Waals surface area contributed by atoms with Crippen molar-refractivity contribution in [3.8, 4) is 0 Å². The van der Waals surface area contributed by atoms with Crippen molar-refractivity contribution in [2.24, 2.45) is 0 Å². The average Bonchev–Trinajstić information content (AvgIpc) is 2.27. The van der Waals surface area contributed by atoms with E-state index in [0.29, 0.717) is 11.2 Å². The highest BCUT2D eigenvalue weighted by molar-refractivity contribution is 5.99. The van der Waals surface area contributed by atoms with Crippen molar-refractivity contribution in [1.82, 2.24) is 4.98 Å². The molecule has 0 aliphatic rings. The number of aryl methyl sites for hydroxylation is 1. The maximum absolute atomic E-state index is 13.6. The highest BCUT2D eigenvalue weighted by Crippen LogP contribution is 2.31. The molecule has 0 aliphatic heterocycles. The lowest BCUT2D eigenvalue weighted by atomic mass is 10.1. The number of hydrogen-bond donors (Lipinski definition) is 2. The number of anilines is 2. The largest absolute Gasteiger partial charge is 0.396 e. The maximum Gasteiger partial charge on any atom is 0.149 e. The lowest BCUT2D eigenvalue weighted by Crippen LogP contribution is -2.04. The molecule has 0 aliphatic carbocycles. The van der Waals surface area contributed by atoms with Gasteiger partial charge in [-0.1, -0.05) is 6.07 Å². The molecule has 0 fully saturated rings. The van der Waals surface area contributed by atoms with Gasteiger partial charge in [0.2, 0.25) is 0 Å². The van der Waals surface area contributed by atoms with E-state index < -0.39 is 0 Å². The molecule has 1 aromatic carbocycles. The Hall–Kier alpha value is -1.84. The van der Waals surface area contributed by atoms with E-state index >= 15 is 0 Å². The van der Waals surface area contributed by atoms with Crippen molar-refractivity contribution in [3.05, 3.63) is 29.7 Å². The first-order valence-corrected chi connectivity index (χ1v) is 5.22. The van der Waals surface area contributed by atoms with Gasteiger partial charge in [0.15, 0.2) is 0 Å². The summed E-state index contributed by atoms with van der Waals surface area (Å²) in [4.78, 5) is 4.04. The van der Waals surface area contributed by atoms with Crippen LogP contribution < -0.4 is 11.1 Å². The van der Waals surface area contributed by atoms with Crippen molar-refractivity contribution in [1.29, 1.82) is 0 Å². The van der Waals surface area contributed by atoms with Crippen molar-refractivity contribution in [2.45, 2.75) is 13.8 Å². The highest BCUT2D eigenvalue weighted by atomic mass is 19.1. The van der Waals surface area contributed by atoms with Crippen LogP contribution in [0.2, 0.25) is 0 Å². The van der Waals surface area contributed by atoms with Crippen molar-refractivity contribution < 1.29 is 4.39 Å². The van der Waals surface area contributed by atoms with Crippen molar-refractivity contribution in [3.63, 3.8) is 0 Å². The molecule has 4 heteroatoms. The number of nitrogens with one attached hydrogen (secondary N) is 1. The third-order valence-corrected chi connectivity index (χ3v) is 2.56. The van der Waals surface area contributed by atoms with E-state index in [9.17, 15) is 4.39 Å². The Morgan fingerprint density at radius 3 is 2.88 bits per heavy atom. The molecule has 0 saturated heterocycles. The molecule has 1 aromatic heterocycles. The van der Waals surface area contributed by atoms with Gasteiger partial charge in [-0.15, -0.1) is 0 Å². The van der Waals surface area contributed by atoms with Gasteiger partial charge in [-0.05, 0) is 25.5 Å². The number of aromatic nitrogens is 1. The summed E-state index contributed by atoms with van der Waals surface area (Å²) in [6.07, 6.45) is 1.49. The first kappa shape index (κ1) is 10.7. The normalized spacial score (nSPS) is 10.7. The van der Waals surface area contributed by atoms with Gasteiger partial charge in [0.05, 0.1) is 17.6 Å². The topological polar surface area (TPSA) is 50.9 Å². The molecule has 2 rings (SSSR count). The molecule has 0 radical (unpaired) electrons. The maximum atomic E-state index is 13.6. The van der Waals surface area contributed by atoms with Gasteiger partial charge >= 0.3 is 0 Å². The Kier molecular flexibility index (Phi) is 2.64. The fourth-order valence-corrected chi connectivity index (χ4v) is 1.82. The number of benzene rings is 1. The van der Waals surface area contributed by atoms with E-state index in [1.807, 2.05) is 13.8 Å². The van der Waals surface area contributed by atoms with Crippen LogP contribution in [-0.2, 0) is 0 Å². The summed E-state index contributed by atoms with van der Waals surface area (Å²) in [7, 11) is 0. The molecule has 1 heterocycles. The zero-order chi connectivity index (χ0) is 11.7. The minimum Gasteiger partial charge on any atom is -0.396 e. The van der Waals surface area contributed by atoms with Gasteiger partial charge in [0, 0.05) is 11.9 Å². The SMILES string of the molecule is CCNc1c(N)cnc2c(F)ccc(C)c12. The molecule has 84 valence electrons. The van der Waals surface area contributed by atoms with Gasteiger partial charge in [-0.3, -0.25) is 4.98 Å². The first-order valence-electron chi connectivity index (χ1n) is 5.22. The molecule has 0 amide bonds. The van der Waals surface area contributed by atoms with Crippen LogP contribution in [0.25, 0.3) is 10.9 Å². The summed E-state index contributed by atoms with van der Waals surface area (Å²) >= 11 is 0. The molecule has 0 atom stereocenters. The lowest BCUT2D eigenvalue weighted by Gasteiger charge is -2.12. The fourth-order valence-electron chi connectivity index (χ4n) is 1.82. The summed E-state index contributed by atoms with van der Waals surface area (Å²) in [6.45, 7) is 4.63. The number of pyridine rings is 1. The lowest BCUT2D eigenvalue weighted by molar-refractivity contribution is 0.636. The van der Waals surface area contributed by atoms with E-state index in [4.69, 9.17) is 5.73 Å². The number of nitrogens with zero attached hydrogens (tertiary/aromatic N) is 1. The average molecular weight is 219 g/mol. The molecule has 0 saturated carbocycles. The standard InChI is InChI=1S/C12H14FN3/c1-3-15-12-9(14)6-16-11-8(13)5-4-7(2)10(11)12/h4-6H,3,14H2,1-2H3,(H,15,16). The van der Waals surface area contributed by atoms with E-state index in [1.165, 1.54) is 12.3 Å². The van der Waals surface area contributed by atoms with Gasteiger partial charge in [0.25, 0.3) is 0 Å². The number of rotatable bonds is 2. The van der Waals surface area contributed by atoms with Gasteiger partial charge in [0.1, 0.15) is 11.3 Å². The number of nitrogens with two attached hydrogens (primary N) is 1. The van der Waals surface area contributed by atoms with Crippen LogP contribution in [0, 0.1) is 12.7 Å². The molecule has 2 aromatic rings. The Balaban J connectivity index is 2.85. The zero-order valence-electron chi connectivity index (χ0n) is 9.34. The Morgan fingerprint density at radius 1 is 1.44 bits per heavy atom.